The fraction of sp³-hybridized carbons (Fsp3) is 0.368. The summed E-state index contributed by atoms with van der Waals surface area (Å²) in [6.45, 7) is 6.06. The van der Waals surface area contributed by atoms with Gasteiger partial charge in [0.2, 0.25) is 0 Å². The second-order valence-corrected chi connectivity index (χ2v) is 6.24. The number of anilines is 1. The summed E-state index contributed by atoms with van der Waals surface area (Å²) < 4.78 is 5.26. The molecule has 3 rings (SSSR count). The van der Waals surface area contributed by atoms with Crippen LogP contribution in [0, 0.1) is 6.92 Å². The molecule has 0 aliphatic carbocycles. The van der Waals surface area contributed by atoms with E-state index < -0.39 is 12.1 Å². The lowest BCUT2D eigenvalue weighted by atomic mass is 10.2. The van der Waals surface area contributed by atoms with Gasteiger partial charge in [-0.25, -0.2) is 9.78 Å². The van der Waals surface area contributed by atoms with Gasteiger partial charge in [0.25, 0.3) is 5.91 Å². The van der Waals surface area contributed by atoms with Gasteiger partial charge in [0.05, 0.1) is 11.9 Å². The molecule has 1 aliphatic heterocycles. The molecule has 0 spiro atoms. The lowest BCUT2D eigenvalue weighted by molar-refractivity contribution is -0.140. The van der Waals surface area contributed by atoms with E-state index in [2.05, 4.69) is 27.0 Å². The van der Waals surface area contributed by atoms with Gasteiger partial charge in [-0.15, -0.1) is 0 Å². The largest absolute Gasteiger partial charge is 0.448 e. The molecular weight excluding hydrogens is 332 g/mol. The first-order chi connectivity index (χ1) is 12.5. The Balaban J connectivity index is 1.53. The van der Waals surface area contributed by atoms with Crippen LogP contribution in [0.25, 0.3) is 0 Å². The number of carbonyl (C=O) groups is 2. The van der Waals surface area contributed by atoms with Crippen molar-refractivity contribution < 1.29 is 14.3 Å². The van der Waals surface area contributed by atoms with Crippen LogP contribution in [0.4, 0.5) is 5.69 Å². The SMILES string of the molecule is Cc1cnc(C(=O)O[C@H](C)C(=O)N2CCN(c3ccccc3)CC2)cn1. The number of hydrogen-bond acceptors (Lipinski definition) is 6. The second kappa shape index (κ2) is 7.95. The van der Waals surface area contributed by atoms with Gasteiger partial charge in [-0.3, -0.25) is 9.78 Å². The molecule has 0 radical (unpaired) electrons. The fourth-order valence-corrected chi connectivity index (χ4v) is 2.85. The molecule has 1 aliphatic rings. The molecule has 136 valence electrons. The van der Waals surface area contributed by atoms with Crippen molar-refractivity contribution in [3.05, 3.63) is 54.1 Å². The molecule has 2 aromatic rings. The molecule has 7 nitrogen and oxygen atoms in total. The van der Waals surface area contributed by atoms with Gasteiger partial charge in [-0.05, 0) is 26.0 Å². The Morgan fingerprint density at radius 1 is 1.04 bits per heavy atom. The summed E-state index contributed by atoms with van der Waals surface area (Å²) in [4.78, 5) is 36.6. The Morgan fingerprint density at radius 3 is 2.35 bits per heavy atom. The number of para-hydroxylation sites is 1. The van der Waals surface area contributed by atoms with Crippen molar-refractivity contribution in [3.63, 3.8) is 0 Å². The highest BCUT2D eigenvalue weighted by Gasteiger charge is 2.27. The van der Waals surface area contributed by atoms with Crippen LogP contribution in [0.1, 0.15) is 23.1 Å². The molecule has 1 aromatic carbocycles. The third-order valence-electron chi connectivity index (χ3n) is 4.33. The van der Waals surface area contributed by atoms with Crippen LogP contribution < -0.4 is 4.90 Å². The van der Waals surface area contributed by atoms with Crippen LogP contribution in [-0.4, -0.2) is 59.0 Å². The van der Waals surface area contributed by atoms with Crippen LogP contribution in [0.2, 0.25) is 0 Å². The number of benzene rings is 1. The van der Waals surface area contributed by atoms with E-state index >= 15 is 0 Å². The van der Waals surface area contributed by atoms with Crippen LogP contribution in [0.3, 0.4) is 0 Å². The minimum atomic E-state index is -0.853. The molecule has 7 heteroatoms. The average Bonchev–Trinajstić information content (AvgIpc) is 2.68. The summed E-state index contributed by atoms with van der Waals surface area (Å²) in [5.74, 6) is -0.826. The third-order valence-corrected chi connectivity index (χ3v) is 4.33. The van der Waals surface area contributed by atoms with Crippen molar-refractivity contribution in [2.75, 3.05) is 31.1 Å². The van der Waals surface area contributed by atoms with Crippen LogP contribution in [0.15, 0.2) is 42.7 Å². The molecule has 1 aromatic heterocycles. The molecule has 1 fully saturated rings. The van der Waals surface area contributed by atoms with Gasteiger partial charge in [-0.2, -0.15) is 0 Å². The number of rotatable bonds is 4. The van der Waals surface area contributed by atoms with Gasteiger partial charge in [0.1, 0.15) is 0 Å². The van der Waals surface area contributed by atoms with Crippen molar-refractivity contribution >= 4 is 17.6 Å². The van der Waals surface area contributed by atoms with Gasteiger partial charge in [0, 0.05) is 38.1 Å². The minimum Gasteiger partial charge on any atom is -0.448 e. The fourth-order valence-electron chi connectivity index (χ4n) is 2.85. The van der Waals surface area contributed by atoms with E-state index in [1.165, 1.54) is 12.4 Å². The highest BCUT2D eigenvalue weighted by Crippen LogP contribution is 2.16. The maximum Gasteiger partial charge on any atom is 0.359 e. The van der Waals surface area contributed by atoms with Crippen molar-refractivity contribution in [1.29, 1.82) is 0 Å². The number of amides is 1. The first-order valence-electron chi connectivity index (χ1n) is 8.63. The zero-order valence-electron chi connectivity index (χ0n) is 15.0. The highest BCUT2D eigenvalue weighted by atomic mass is 16.5. The first-order valence-corrected chi connectivity index (χ1v) is 8.63. The number of aromatic nitrogens is 2. The molecule has 0 bridgehead atoms. The molecular formula is C19H22N4O3. The van der Waals surface area contributed by atoms with Gasteiger partial charge in [-0.1, -0.05) is 18.2 Å². The van der Waals surface area contributed by atoms with E-state index in [4.69, 9.17) is 4.74 Å². The second-order valence-electron chi connectivity index (χ2n) is 6.24. The Kier molecular flexibility index (Phi) is 5.46. The number of hydrogen-bond donors (Lipinski definition) is 0. The van der Waals surface area contributed by atoms with Crippen molar-refractivity contribution in [2.45, 2.75) is 20.0 Å². The lowest BCUT2D eigenvalue weighted by Gasteiger charge is -2.37. The maximum atomic E-state index is 12.6. The zero-order chi connectivity index (χ0) is 18.5. The molecule has 0 saturated carbocycles. The maximum absolute atomic E-state index is 12.6. The first kappa shape index (κ1) is 17.8. The number of esters is 1. The molecule has 26 heavy (non-hydrogen) atoms. The van der Waals surface area contributed by atoms with E-state index in [9.17, 15) is 9.59 Å². The number of piperazine rings is 1. The predicted octanol–water partition coefficient (Wildman–Crippen LogP) is 1.68. The van der Waals surface area contributed by atoms with Crippen LogP contribution >= 0.6 is 0 Å². The normalized spacial score (nSPS) is 15.5. The summed E-state index contributed by atoms with van der Waals surface area (Å²) in [5.41, 5.74) is 1.96. The monoisotopic (exact) mass is 354 g/mol. The smallest absolute Gasteiger partial charge is 0.359 e. The standard InChI is InChI=1S/C19H22N4O3/c1-14-12-21-17(13-20-14)19(25)26-15(2)18(24)23-10-8-22(9-11-23)16-6-4-3-5-7-16/h3-7,12-13,15H,8-11H2,1-2H3/t15-/m1/s1. The van der Waals surface area contributed by atoms with Crippen LogP contribution in [-0.2, 0) is 9.53 Å². The quantitative estimate of drug-likeness (QED) is 0.778. The predicted molar refractivity (Wildman–Crippen MR) is 96.9 cm³/mol. The molecule has 1 atom stereocenters. The summed E-state index contributed by atoms with van der Waals surface area (Å²) in [6, 6.07) is 10.1. The lowest BCUT2D eigenvalue weighted by Crippen LogP contribution is -2.51. The summed E-state index contributed by atoms with van der Waals surface area (Å²) in [6.07, 6.45) is 1.99. The van der Waals surface area contributed by atoms with Gasteiger partial charge >= 0.3 is 5.97 Å². The van der Waals surface area contributed by atoms with E-state index in [1.807, 2.05) is 18.2 Å². The Labute approximate surface area is 152 Å². The number of nitrogens with zero attached hydrogens (tertiary/aromatic N) is 4. The number of carbonyl (C=O) groups excluding carboxylic acids is 2. The van der Waals surface area contributed by atoms with E-state index in [0.29, 0.717) is 18.8 Å². The Bertz CT molecular complexity index is 756. The van der Waals surface area contributed by atoms with Crippen LogP contribution in [0.5, 0.6) is 0 Å². The van der Waals surface area contributed by atoms with E-state index in [-0.39, 0.29) is 11.6 Å². The molecule has 2 heterocycles. The van der Waals surface area contributed by atoms with Crippen molar-refractivity contribution in [2.24, 2.45) is 0 Å². The van der Waals surface area contributed by atoms with E-state index in [1.54, 1.807) is 18.7 Å². The molecule has 0 unspecified atom stereocenters. The third kappa shape index (κ3) is 4.17. The average molecular weight is 354 g/mol. The Hall–Kier alpha value is -2.96. The zero-order valence-corrected chi connectivity index (χ0v) is 15.0. The summed E-state index contributed by atoms with van der Waals surface area (Å²) in [7, 11) is 0. The van der Waals surface area contributed by atoms with Gasteiger partial charge in [0.15, 0.2) is 11.8 Å². The van der Waals surface area contributed by atoms with E-state index in [0.717, 1.165) is 18.8 Å². The number of aryl methyl sites for hydroxylation is 1. The summed E-state index contributed by atoms with van der Waals surface area (Å²) in [5, 5.41) is 0. The highest BCUT2D eigenvalue weighted by molar-refractivity contribution is 5.90. The van der Waals surface area contributed by atoms with Crippen molar-refractivity contribution in [1.82, 2.24) is 14.9 Å². The molecule has 1 saturated heterocycles. The summed E-state index contributed by atoms with van der Waals surface area (Å²) >= 11 is 0. The topological polar surface area (TPSA) is 75.6 Å². The van der Waals surface area contributed by atoms with Crippen molar-refractivity contribution in [3.8, 4) is 0 Å². The molecule has 0 N–H and O–H groups in total. The Morgan fingerprint density at radius 2 is 1.73 bits per heavy atom. The van der Waals surface area contributed by atoms with Gasteiger partial charge < -0.3 is 14.5 Å². The minimum absolute atomic E-state index is 0.101. The molecule has 1 amide bonds. The number of ether oxygens (including phenoxy) is 1.